The van der Waals surface area contributed by atoms with Crippen molar-refractivity contribution in [3.8, 4) is 0 Å². The van der Waals surface area contributed by atoms with E-state index in [0.29, 0.717) is 12.1 Å². The Morgan fingerprint density at radius 3 is 2.44 bits per heavy atom. The molecule has 0 heterocycles. The summed E-state index contributed by atoms with van der Waals surface area (Å²) in [6, 6.07) is 7.17. The summed E-state index contributed by atoms with van der Waals surface area (Å²) in [5.74, 6) is 0. The summed E-state index contributed by atoms with van der Waals surface area (Å²) >= 11 is 1.60. The SMILES string of the molecule is CSc1ccc(NS(=O)(=O)N(C)CCCO)cc1. The Bertz CT molecular complexity index is 460. The number of nitrogens with one attached hydrogen (secondary N) is 1. The second-order valence-corrected chi connectivity index (χ2v) is 6.39. The number of aliphatic hydroxyl groups is 1. The summed E-state index contributed by atoms with van der Waals surface area (Å²) in [6.45, 7) is 0.261. The van der Waals surface area contributed by atoms with Crippen LogP contribution in [0.3, 0.4) is 0 Å². The van der Waals surface area contributed by atoms with Crippen LogP contribution in [0.15, 0.2) is 29.2 Å². The highest BCUT2D eigenvalue weighted by atomic mass is 32.2. The smallest absolute Gasteiger partial charge is 0.301 e. The van der Waals surface area contributed by atoms with E-state index in [1.54, 1.807) is 23.9 Å². The zero-order chi connectivity index (χ0) is 13.6. The van der Waals surface area contributed by atoms with Crippen LogP contribution < -0.4 is 4.72 Å². The number of hydrogen-bond donors (Lipinski definition) is 2. The van der Waals surface area contributed by atoms with Crippen molar-refractivity contribution in [2.24, 2.45) is 0 Å². The molecule has 0 atom stereocenters. The van der Waals surface area contributed by atoms with E-state index in [-0.39, 0.29) is 13.2 Å². The molecule has 2 N–H and O–H groups in total. The fourth-order valence-corrected chi connectivity index (χ4v) is 2.67. The second-order valence-electron chi connectivity index (χ2n) is 3.73. The molecule has 0 bridgehead atoms. The third-order valence-electron chi connectivity index (χ3n) is 2.38. The van der Waals surface area contributed by atoms with Gasteiger partial charge in [0.2, 0.25) is 0 Å². The van der Waals surface area contributed by atoms with Gasteiger partial charge in [-0.15, -0.1) is 11.8 Å². The first-order valence-electron chi connectivity index (χ1n) is 5.48. The second kappa shape index (κ2) is 6.98. The topological polar surface area (TPSA) is 69.6 Å². The quantitative estimate of drug-likeness (QED) is 0.744. The maximum Gasteiger partial charge on any atom is 0.301 e. The van der Waals surface area contributed by atoms with Crippen molar-refractivity contribution in [1.29, 1.82) is 0 Å². The summed E-state index contributed by atoms with van der Waals surface area (Å²) in [6.07, 6.45) is 2.38. The first-order valence-corrected chi connectivity index (χ1v) is 8.15. The Kier molecular flexibility index (Phi) is 5.94. The molecule has 102 valence electrons. The van der Waals surface area contributed by atoms with Crippen LogP contribution >= 0.6 is 11.8 Å². The third kappa shape index (κ3) is 4.49. The van der Waals surface area contributed by atoms with Crippen LogP contribution in [0, 0.1) is 0 Å². The van der Waals surface area contributed by atoms with Gasteiger partial charge in [0.15, 0.2) is 0 Å². The molecule has 1 rings (SSSR count). The van der Waals surface area contributed by atoms with E-state index in [9.17, 15) is 8.42 Å². The molecule has 0 aromatic heterocycles. The molecule has 5 nitrogen and oxygen atoms in total. The van der Waals surface area contributed by atoms with Crippen molar-refractivity contribution >= 4 is 27.7 Å². The third-order valence-corrected chi connectivity index (χ3v) is 4.62. The number of nitrogens with zero attached hydrogens (tertiary/aromatic N) is 1. The lowest BCUT2D eigenvalue weighted by atomic mass is 10.3. The minimum Gasteiger partial charge on any atom is -0.396 e. The van der Waals surface area contributed by atoms with Crippen molar-refractivity contribution < 1.29 is 13.5 Å². The van der Waals surface area contributed by atoms with Crippen molar-refractivity contribution in [3.63, 3.8) is 0 Å². The summed E-state index contributed by atoms with van der Waals surface area (Å²) in [5, 5.41) is 8.68. The molecule has 0 unspecified atom stereocenters. The largest absolute Gasteiger partial charge is 0.396 e. The van der Waals surface area contributed by atoms with Crippen LogP contribution in [0.4, 0.5) is 5.69 Å². The lowest BCUT2D eigenvalue weighted by Crippen LogP contribution is -2.33. The van der Waals surface area contributed by atoms with E-state index in [2.05, 4.69) is 4.72 Å². The zero-order valence-electron chi connectivity index (χ0n) is 10.5. The lowest BCUT2D eigenvalue weighted by molar-refractivity contribution is 0.276. The fourth-order valence-electron chi connectivity index (χ4n) is 1.30. The van der Waals surface area contributed by atoms with Gasteiger partial charge >= 0.3 is 10.2 Å². The molecule has 0 saturated heterocycles. The Labute approximate surface area is 112 Å². The number of thioether (sulfide) groups is 1. The van der Waals surface area contributed by atoms with E-state index in [4.69, 9.17) is 5.11 Å². The molecule has 1 aromatic carbocycles. The highest BCUT2D eigenvalue weighted by Gasteiger charge is 2.16. The van der Waals surface area contributed by atoms with Gasteiger partial charge in [0.1, 0.15) is 0 Å². The Balaban J connectivity index is 2.69. The van der Waals surface area contributed by atoms with Crippen molar-refractivity contribution in [2.75, 3.05) is 31.2 Å². The molecule has 7 heteroatoms. The van der Waals surface area contributed by atoms with Gasteiger partial charge in [-0.25, -0.2) is 0 Å². The van der Waals surface area contributed by atoms with Gasteiger partial charge < -0.3 is 5.11 Å². The Hall–Kier alpha value is -0.760. The summed E-state index contributed by atoms with van der Waals surface area (Å²) < 4.78 is 27.4. The molecule has 0 fully saturated rings. The highest BCUT2D eigenvalue weighted by molar-refractivity contribution is 7.98. The summed E-state index contributed by atoms with van der Waals surface area (Å²) in [7, 11) is -2.06. The first kappa shape index (κ1) is 15.3. The predicted molar refractivity (Wildman–Crippen MR) is 75.1 cm³/mol. The maximum atomic E-state index is 11.9. The first-order chi connectivity index (χ1) is 8.49. The number of anilines is 1. The van der Waals surface area contributed by atoms with Crippen LogP contribution in [0.25, 0.3) is 0 Å². The number of rotatable bonds is 7. The van der Waals surface area contributed by atoms with Crippen molar-refractivity contribution in [3.05, 3.63) is 24.3 Å². The molecule has 0 aliphatic heterocycles. The summed E-state index contributed by atoms with van der Waals surface area (Å²) in [5.41, 5.74) is 0.531. The van der Waals surface area contributed by atoms with E-state index >= 15 is 0 Å². The molecule has 0 amide bonds. The minimum absolute atomic E-state index is 0.0255. The van der Waals surface area contributed by atoms with Crippen LogP contribution in [0.2, 0.25) is 0 Å². The van der Waals surface area contributed by atoms with Gasteiger partial charge in [-0.2, -0.15) is 12.7 Å². The van der Waals surface area contributed by atoms with Gasteiger partial charge in [-0.05, 0) is 36.9 Å². The van der Waals surface area contributed by atoms with E-state index in [0.717, 1.165) is 4.90 Å². The minimum atomic E-state index is -3.54. The van der Waals surface area contributed by atoms with Gasteiger partial charge in [0, 0.05) is 30.8 Å². The molecule has 1 aromatic rings. The van der Waals surface area contributed by atoms with Gasteiger partial charge in [-0.3, -0.25) is 4.72 Å². The molecular weight excluding hydrogens is 272 g/mol. The van der Waals surface area contributed by atoms with E-state index in [1.807, 2.05) is 18.4 Å². The van der Waals surface area contributed by atoms with Gasteiger partial charge in [0.25, 0.3) is 0 Å². The maximum absolute atomic E-state index is 11.9. The monoisotopic (exact) mass is 290 g/mol. The highest BCUT2D eigenvalue weighted by Crippen LogP contribution is 2.18. The molecule has 18 heavy (non-hydrogen) atoms. The number of benzene rings is 1. The Morgan fingerprint density at radius 2 is 1.94 bits per heavy atom. The van der Waals surface area contributed by atoms with Crippen LogP contribution in [0.5, 0.6) is 0 Å². The molecule has 0 radical (unpaired) electrons. The molecule has 0 saturated carbocycles. The summed E-state index contributed by atoms with van der Waals surface area (Å²) in [4.78, 5) is 1.08. The van der Waals surface area contributed by atoms with Crippen LogP contribution in [-0.4, -0.2) is 44.3 Å². The van der Waals surface area contributed by atoms with E-state index < -0.39 is 10.2 Å². The molecular formula is C11H18N2O3S2. The van der Waals surface area contributed by atoms with Crippen LogP contribution in [-0.2, 0) is 10.2 Å². The normalized spacial score (nSPS) is 11.8. The average molecular weight is 290 g/mol. The number of hydrogen-bond acceptors (Lipinski definition) is 4. The van der Waals surface area contributed by atoms with Crippen molar-refractivity contribution in [1.82, 2.24) is 4.31 Å². The van der Waals surface area contributed by atoms with E-state index in [1.165, 1.54) is 11.4 Å². The van der Waals surface area contributed by atoms with Crippen molar-refractivity contribution in [2.45, 2.75) is 11.3 Å². The van der Waals surface area contributed by atoms with Crippen LogP contribution in [0.1, 0.15) is 6.42 Å². The molecule has 0 spiro atoms. The molecule has 0 aliphatic carbocycles. The lowest BCUT2D eigenvalue weighted by Gasteiger charge is -2.17. The standard InChI is InChI=1S/C11H18N2O3S2/c1-13(8-3-9-14)18(15,16)12-10-4-6-11(17-2)7-5-10/h4-7,12,14H,3,8-9H2,1-2H3. The number of aliphatic hydroxyl groups excluding tert-OH is 1. The van der Waals surface area contributed by atoms with Gasteiger partial charge in [-0.1, -0.05) is 0 Å². The molecule has 0 aliphatic rings. The Morgan fingerprint density at radius 1 is 1.33 bits per heavy atom. The fraction of sp³-hybridized carbons (Fsp3) is 0.455. The average Bonchev–Trinajstić information content (AvgIpc) is 2.36. The van der Waals surface area contributed by atoms with Gasteiger partial charge in [0.05, 0.1) is 0 Å². The predicted octanol–water partition coefficient (Wildman–Crippen LogP) is 1.38. The zero-order valence-corrected chi connectivity index (χ0v) is 12.1.